The fraction of sp³-hybridized carbons (Fsp3) is 0.500. The molecule has 0 bridgehead atoms. The number of pyridine rings is 1. The summed E-state index contributed by atoms with van der Waals surface area (Å²) in [7, 11) is 3.85. The van der Waals surface area contributed by atoms with Crippen molar-refractivity contribution in [2.75, 3.05) is 14.2 Å². The number of methoxy groups -OCH3 is 1. The summed E-state index contributed by atoms with van der Waals surface area (Å²) in [6, 6.07) is 21.3. The van der Waals surface area contributed by atoms with Gasteiger partial charge in [0.15, 0.2) is 0 Å². The second kappa shape index (κ2) is 14.2. The van der Waals surface area contributed by atoms with Crippen LogP contribution in [0.4, 0.5) is 0 Å². The van der Waals surface area contributed by atoms with Crippen LogP contribution in [0.25, 0.3) is 0 Å². The minimum absolute atomic E-state index is 0.0490. The molecule has 1 saturated heterocycles. The van der Waals surface area contributed by atoms with Crippen LogP contribution in [0.3, 0.4) is 0 Å². The number of hydrogen-bond donors (Lipinski definition) is 0. The zero-order chi connectivity index (χ0) is 29.5. The van der Waals surface area contributed by atoms with Gasteiger partial charge in [-0.3, -0.25) is 14.7 Å². The molecule has 220 valence electrons. The van der Waals surface area contributed by atoms with Gasteiger partial charge in [-0.25, -0.2) is 0 Å². The zero-order valence-corrected chi connectivity index (χ0v) is 26.0. The third kappa shape index (κ3) is 7.25. The Labute approximate surface area is 247 Å². The number of rotatable bonds is 13. The highest BCUT2D eigenvalue weighted by Crippen LogP contribution is 2.45. The maximum Gasteiger partial charge on any atom is 0.139 e. The van der Waals surface area contributed by atoms with Crippen molar-refractivity contribution < 1.29 is 14.3 Å². The normalized spacial score (nSPS) is 20.6. The van der Waals surface area contributed by atoms with Crippen molar-refractivity contribution in [1.29, 1.82) is 0 Å². The smallest absolute Gasteiger partial charge is 0.139 e. The predicted octanol–water partition coefficient (Wildman–Crippen LogP) is 8.22. The second-order valence-corrected chi connectivity index (χ2v) is 11.8. The molecule has 0 spiro atoms. The van der Waals surface area contributed by atoms with Crippen molar-refractivity contribution in [3.8, 4) is 5.75 Å². The van der Waals surface area contributed by atoms with Gasteiger partial charge in [-0.2, -0.15) is 0 Å². The van der Waals surface area contributed by atoms with Crippen molar-refractivity contribution in [3.63, 3.8) is 0 Å². The van der Waals surface area contributed by atoms with E-state index in [1.54, 1.807) is 14.0 Å². The van der Waals surface area contributed by atoms with Gasteiger partial charge in [0.2, 0.25) is 0 Å². The van der Waals surface area contributed by atoms with Crippen LogP contribution in [0.15, 0.2) is 60.7 Å². The Morgan fingerprint density at radius 2 is 1.85 bits per heavy atom. The molecule has 1 aliphatic heterocycles. The molecule has 0 amide bonds. The highest BCUT2D eigenvalue weighted by atomic mass is 16.5. The standard InChI is InChI=1S/C36H48N2O3/c1-8-10-16-29-17-19-32(36-38(6)26(5)35(41-36)27-14-12-11-13-15-27)34(37-29)33(22-25(4)39)31-20-18-30(40-7)23-28(31)21-24(3)9-2/h11-15,17-20,23-24,26,33,35-36H,8-10,16,21-22H2,1-7H3/t24?,26?,33-,35?,36?/m1/s1. The van der Waals surface area contributed by atoms with E-state index in [0.717, 1.165) is 60.4 Å². The van der Waals surface area contributed by atoms with E-state index in [2.05, 4.69) is 88.2 Å². The van der Waals surface area contributed by atoms with Gasteiger partial charge in [-0.1, -0.05) is 76.1 Å². The van der Waals surface area contributed by atoms with Gasteiger partial charge in [0.25, 0.3) is 0 Å². The first-order chi connectivity index (χ1) is 19.8. The van der Waals surface area contributed by atoms with E-state index in [-0.39, 0.29) is 30.1 Å². The SMILES string of the molecule is CCCCc1ccc(C2OC(c3ccccc3)C(C)N2C)c([C@H](CC(C)=O)c2ccc(OC)cc2CC(C)CC)n1. The van der Waals surface area contributed by atoms with E-state index >= 15 is 0 Å². The summed E-state index contributed by atoms with van der Waals surface area (Å²) in [5.41, 5.74) is 6.65. The molecule has 3 aromatic rings. The van der Waals surface area contributed by atoms with E-state index in [9.17, 15) is 4.79 Å². The minimum Gasteiger partial charge on any atom is -0.497 e. The molecule has 1 aliphatic rings. The monoisotopic (exact) mass is 556 g/mol. The fourth-order valence-corrected chi connectivity index (χ4v) is 5.97. The molecule has 1 fully saturated rings. The lowest BCUT2D eigenvalue weighted by Gasteiger charge is -2.28. The number of benzene rings is 2. The summed E-state index contributed by atoms with van der Waals surface area (Å²) in [6.07, 6.45) is 5.21. The third-order valence-corrected chi connectivity index (χ3v) is 8.73. The molecule has 0 N–H and O–H groups in total. The van der Waals surface area contributed by atoms with Gasteiger partial charge in [0.05, 0.1) is 12.8 Å². The van der Waals surface area contributed by atoms with Gasteiger partial charge in [0.1, 0.15) is 23.9 Å². The number of Topliss-reactive ketones (excluding diaryl/α,β-unsaturated/α-hetero) is 1. The van der Waals surface area contributed by atoms with E-state index < -0.39 is 0 Å². The molecular weight excluding hydrogens is 508 g/mol. The summed E-state index contributed by atoms with van der Waals surface area (Å²) in [4.78, 5) is 20.5. The highest BCUT2D eigenvalue weighted by molar-refractivity contribution is 5.77. The van der Waals surface area contributed by atoms with Crippen molar-refractivity contribution in [2.45, 2.75) is 97.4 Å². The lowest BCUT2D eigenvalue weighted by molar-refractivity contribution is -0.117. The molecule has 2 heterocycles. The topological polar surface area (TPSA) is 51.7 Å². The second-order valence-electron chi connectivity index (χ2n) is 11.8. The van der Waals surface area contributed by atoms with Crippen LogP contribution >= 0.6 is 0 Å². The minimum atomic E-state index is -0.261. The molecule has 5 nitrogen and oxygen atoms in total. The largest absolute Gasteiger partial charge is 0.497 e. The van der Waals surface area contributed by atoms with E-state index in [1.165, 1.54) is 11.1 Å². The Hall–Kier alpha value is -3.02. The maximum absolute atomic E-state index is 12.9. The molecule has 0 aliphatic carbocycles. The number of likely N-dealkylation sites (N-methyl/N-ethyl adjacent to an activating group) is 1. The van der Waals surface area contributed by atoms with Crippen LogP contribution < -0.4 is 4.74 Å². The van der Waals surface area contributed by atoms with Crippen LogP contribution in [0, 0.1) is 5.92 Å². The van der Waals surface area contributed by atoms with E-state index in [4.69, 9.17) is 14.5 Å². The molecule has 41 heavy (non-hydrogen) atoms. The summed E-state index contributed by atoms with van der Waals surface area (Å²) in [5.74, 6) is 1.34. The Kier molecular flexibility index (Phi) is 10.7. The van der Waals surface area contributed by atoms with Gasteiger partial charge < -0.3 is 9.47 Å². The number of aromatic nitrogens is 1. The van der Waals surface area contributed by atoms with Crippen LogP contribution in [0.1, 0.15) is 112 Å². The van der Waals surface area contributed by atoms with Gasteiger partial charge in [0, 0.05) is 29.6 Å². The number of aryl methyl sites for hydroxylation is 1. The number of ether oxygens (including phenoxy) is 2. The number of hydrogen-bond acceptors (Lipinski definition) is 5. The van der Waals surface area contributed by atoms with Gasteiger partial charge in [-0.05, 0) is 81.0 Å². The number of ketones is 1. The maximum atomic E-state index is 12.9. The number of unbranched alkanes of at least 4 members (excludes halogenated alkanes) is 1. The quantitative estimate of drug-likeness (QED) is 0.212. The van der Waals surface area contributed by atoms with Crippen LogP contribution in [0.5, 0.6) is 5.75 Å². The summed E-state index contributed by atoms with van der Waals surface area (Å²) in [5, 5.41) is 0. The van der Waals surface area contributed by atoms with E-state index in [0.29, 0.717) is 12.3 Å². The number of carbonyl (C=O) groups is 1. The number of nitrogens with zero attached hydrogens (tertiary/aromatic N) is 2. The van der Waals surface area contributed by atoms with Crippen molar-refractivity contribution in [1.82, 2.24) is 9.88 Å². The Morgan fingerprint density at radius 3 is 2.51 bits per heavy atom. The molecule has 0 saturated carbocycles. The first-order valence-electron chi connectivity index (χ1n) is 15.4. The number of carbonyl (C=O) groups excluding carboxylic acids is 1. The molecular formula is C36H48N2O3. The third-order valence-electron chi connectivity index (χ3n) is 8.73. The Balaban J connectivity index is 1.86. The zero-order valence-electron chi connectivity index (χ0n) is 26.0. The van der Waals surface area contributed by atoms with E-state index in [1.807, 2.05) is 12.1 Å². The first-order valence-corrected chi connectivity index (χ1v) is 15.4. The molecule has 4 unspecified atom stereocenters. The van der Waals surface area contributed by atoms with Crippen molar-refractivity contribution >= 4 is 5.78 Å². The van der Waals surface area contributed by atoms with Gasteiger partial charge in [-0.15, -0.1) is 0 Å². The molecule has 5 heteroatoms. The molecule has 2 aromatic carbocycles. The molecule has 4 rings (SSSR count). The summed E-state index contributed by atoms with van der Waals surface area (Å²) in [6.45, 7) is 10.6. The van der Waals surface area contributed by atoms with Crippen molar-refractivity contribution in [2.24, 2.45) is 5.92 Å². The summed E-state index contributed by atoms with van der Waals surface area (Å²) >= 11 is 0. The molecule has 5 atom stereocenters. The van der Waals surface area contributed by atoms with Crippen molar-refractivity contribution in [3.05, 3.63) is 94.3 Å². The summed E-state index contributed by atoms with van der Waals surface area (Å²) < 4.78 is 12.5. The lowest BCUT2D eigenvalue weighted by atomic mass is 9.82. The Morgan fingerprint density at radius 1 is 1.10 bits per heavy atom. The average Bonchev–Trinajstić information content (AvgIpc) is 3.28. The molecule has 1 aromatic heterocycles. The molecule has 0 radical (unpaired) electrons. The Bertz CT molecular complexity index is 1290. The lowest BCUT2D eigenvalue weighted by Crippen LogP contribution is -2.28. The first kappa shape index (κ1) is 30.9. The average molecular weight is 557 g/mol. The van der Waals surface area contributed by atoms with Gasteiger partial charge >= 0.3 is 0 Å². The van der Waals surface area contributed by atoms with Crippen LogP contribution in [-0.4, -0.2) is 35.9 Å². The van der Waals surface area contributed by atoms with Crippen LogP contribution in [0.2, 0.25) is 0 Å². The van der Waals surface area contributed by atoms with Crippen LogP contribution in [-0.2, 0) is 22.4 Å². The highest BCUT2D eigenvalue weighted by Gasteiger charge is 2.41. The fourth-order valence-electron chi connectivity index (χ4n) is 5.97. The predicted molar refractivity (Wildman–Crippen MR) is 166 cm³/mol.